The average Bonchev–Trinajstić information content (AvgIpc) is 2.84. The van der Waals surface area contributed by atoms with Crippen LogP contribution in [0.4, 0.5) is 11.5 Å². The highest BCUT2D eigenvalue weighted by atomic mass is 32.2. The third-order valence-corrected chi connectivity index (χ3v) is 7.00. The maximum Gasteiger partial charge on any atom is 0.264 e. The van der Waals surface area contributed by atoms with Crippen molar-refractivity contribution in [1.29, 1.82) is 0 Å². The van der Waals surface area contributed by atoms with Crippen molar-refractivity contribution >= 4 is 33.3 Å². The summed E-state index contributed by atoms with van der Waals surface area (Å²) in [6.45, 7) is 2.44. The van der Waals surface area contributed by atoms with E-state index >= 15 is 0 Å². The van der Waals surface area contributed by atoms with Crippen LogP contribution in [0.5, 0.6) is 0 Å². The van der Waals surface area contributed by atoms with Gasteiger partial charge in [-0.1, -0.05) is 30.3 Å². The zero-order valence-corrected chi connectivity index (χ0v) is 19.5. The Morgan fingerprint density at radius 3 is 2.47 bits per heavy atom. The maximum absolute atomic E-state index is 12.9. The van der Waals surface area contributed by atoms with Crippen molar-refractivity contribution in [3.63, 3.8) is 0 Å². The summed E-state index contributed by atoms with van der Waals surface area (Å²) in [7, 11) is -3.92. The van der Waals surface area contributed by atoms with E-state index in [1.165, 1.54) is 30.6 Å². The number of carbonyl (C=O) groups excluding carboxylic acids is 2. The third-order valence-electron chi connectivity index (χ3n) is 5.55. The van der Waals surface area contributed by atoms with Crippen LogP contribution in [0.25, 0.3) is 11.3 Å². The first kappa shape index (κ1) is 23.4. The van der Waals surface area contributed by atoms with Gasteiger partial charge in [0.25, 0.3) is 10.0 Å². The summed E-state index contributed by atoms with van der Waals surface area (Å²) in [6, 6.07) is 17.5. The molecule has 0 bridgehead atoms. The molecule has 1 saturated heterocycles. The smallest absolute Gasteiger partial charge is 0.264 e. The first-order valence-corrected chi connectivity index (χ1v) is 12.4. The molecule has 10 heteroatoms. The molecule has 1 unspecified atom stereocenters. The van der Waals surface area contributed by atoms with E-state index in [4.69, 9.17) is 0 Å². The Kier molecular flexibility index (Phi) is 6.87. The van der Waals surface area contributed by atoms with Crippen LogP contribution >= 0.6 is 0 Å². The molecule has 2 aromatic carbocycles. The van der Waals surface area contributed by atoms with Gasteiger partial charge >= 0.3 is 0 Å². The van der Waals surface area contributed by atoms with Crippen LogP contribution in [0.3, 0.4) is 0 Å². The number of sulfonamides is 1. The second-order valence-corrected chi connectivity index (χ2v) is 9.77. The molecule has 1 atom stereocenters. The van der Waals surface area contributed by atoms with Crippen LogP contribution in [-0.2, 0) is 19.6 Å². The Balaban J connectivity index is 1.42. The van der Waals surface area contributed by atoms with Crippen LogP contribution in [0, 0.1) is 5.92 Å². The van der Waals surface area contributed by atoms with Crippen molar-refractivity contribution in [3.05, 3.63) is 67.0 Å². The number of hydrogen-bond acceptors (Lipinski definition) is 7. The minimum absolute atomic E-state index is 0.0532. The molecule has 0 aliphatic carbocycles. The molecule has 9 nitrogen and oxygen atoms in total. The third kappa shape index (κ3) is 5.57. The number of amides is 2. The van der Waals surface area contributed by atoms with Crippen LogP contribution in [-0.4, -0.2) is 43.3 Å². The van der Waals surface area contributed by atoms with E-state index in [-0.39, 0.29) is 16.7 Å². The zero-order valence-electron chi connectivity index (χ0n) is 18.6. The molecule has 2 amide bonds. The first-order valence-electron chi connectivity index (χ1n) is 10.9. The monoisotopic (exact) mass is 479 g/mol. The molecule has 1 fully saturated rings. The maximum atomic E-state index is 12.9. The van der Waals surface area contributed by atoms with Crippen LogP contribution in [0.1, 0.15) is 19.8 Å². The number of benzene rings is 2. The molecular weight excluding hydrogens is 454 g/mol. The van der Waals surface area contributed by atoms with E-state index in [9.17, 15) is 18.0 Å². The number of piperidine rings is 1. The highest BCUT2D eigenvalue weighted by molar-refractivity contribution is 7.90. The second kappa shape index (κ2) is 10.0. The Morgan fingerprint density at radius 1 is 1.03 bits per heavy atom. The van der Waals surface area contributed by atoms with Crippen molar-refractivity contribution in [2.45, 2.75) is 24.7 Å². The van der Waals surface area contributed by atoms with Gasteiger partial charge in [-0.3, -0.25) is 9.59 Å². The standard InChI is InChI=1S/C24H25N5O4S/c1-17(30)28-34(32,33)21-11-9-20(10-12-21)27-24(31)19-8-5-13-29(15-19)23-14-22(25-16-26-23)18-6-3-2-4-7-18/h2-4,6-7,9-12,14,16,19H,5,8,13,15H2,1H3,(H,27,31)(H,28,30). The lowest BCUT2D eigenvalue weighted by molar-refractivity contribution is -0.120. The lowest BCUT2D eigenvalue weighted by atomic mass is 9.97. The second-order valence-electron chi connectivity index (χ2n) is 8.09. The lowest BCUT2D eigenvalue weighted by Crippen LogP contribution is -2.41. The van der Waals surface area contributed by atoms with Crippen molar-refractivity contribution in [3.8, 4) is 11.3 Å². The van der Waals surface area contributed by atoms with E-state index in [0.717, 1.165) is 43.4 Å². The summed E-state index contributed by atoms with van der Waals surface area (Å²) in [5, 5.41) is 2.86. The minimum Gasteiger partial charge on any atom is -0.356 e. The van der Waals surface area contributed by atoms with Crippen molar-refractivity contribution in [1.82, 2.24) is 14.7 Å². The summed E-state index contributed by atoms with van der Waals surface area (Å²) >= 11 is 0. The molecule has 2 N–H and O–H groups in total. The Labute approximate surface area is 198 Å². The van der Waals surface area contributed by atoms with Gasteiger partial charge in [0.1, 0.15) is 12.1 Å². The fourth-order valence-corrected chi connectivity index (χ4v) is 4.89. The predicted molar refractivity (Wildman–Crippen MR) is 128 cm³/mol. The Hall–Kier alpha value is -3.79. The van der Waals surface area contributed by atoms with Crippen molar-refractivity contribution < 1.29 is 18.0 Å². The van der Waals surface area contributed by atoms with E-state index in [2.05, 4.69) is 20.2 Å². The molecule has 3 aromatic rings. The van der Waals surface area contributed by atoms with Gasteiger partial charge in [0.15, 0.2) is 0 Å². The predicted octanol–water partition coefficient (Wildman–Crippen LogP) is 2.82. The quantitative estimate of drug-likeness (QED) is 0.558. The van der Waals surface area contributed by atoms with Gasteiger partial charge < -0.3 is 10.2 Å². The number of hydrogen-bond donors (Lipinski definition) is 2. The molecule has 1 aromatic heterocycles. The fraction of sp³-hybridized carbons (Fsp3) is 0.250. The largest absolute Gasteiger partial charge is 0.356 e. The lowest BCUT2D eigenvalue weighted by Gasteiger charge is -2.33. The van der Waals surface area contributed by atoms with Gasteiger partial charge in [-0.25, -0.2) is 23.1 Å². The molecule has 0 saturated carbocycles. The van der Waals surface area contributed by atoms with Gasteiger partial charge in [-0.15, -0.1) is 0 Å². The van der Waals surface area contributed by atoms with E-state index in [0.29, 0.717) is 12.2 Å². The summed E-state index contributed by atoms with van der Waals surface area (Å²) < 4.78 is 26.1. The topological polar surface area (TPSA) is 121 Å². The molecule has 1 aliphatic heterocycles. The Bertz CT molecular complexity index is 1280. The number of rotatable bonds is 6. The van der Waals surface area contributed by atoms with Crippen molar-refractivity contribution in [2.24, 2.45) is 5.92 Å². The molecule has 0 spiro atoms. The van der Waals surface area contributed by atoms with E-state index < -0.39 is 15.9 Å². The van der Waals surface area contributed by atoms with E-state index in [1.54, 1.807) is 0 Å². The summed E-state index contributed by atoms with van der Waals surface area (Å²) in [4.78, 5) is 34.8. The van der Waals surface area contributed by atoms with Crippen LogP contribution in [0.15, 0.2) is 71.9 Å². The molecule has 2 heterocycles. The highest BCUT2D eigenvalue weighted by Gasteiger charge is 2.27. The summed E-state index contributed by atoms with van der Waals surface area (Å²) in [5.41, 5.74) is 2.31. The number of anilines is 2. The Morgan fingerprint density at radius 2 is 1.76 bits per heavy atom. The molecule has 176 valence electrons. The first-order chi connectivity index (χ1) is 16.3. The highest BCUT2D eigenvalue weighted by Crippen LogP contribution is 2.26. The van der Waals surface area contributed by atoms with Gasteiger partial charge in [0.2, 0.25) is 11.8 Å². The summed E-state index contributed by atoms with van der Waals surface area (Å²) in [5.74, 6) is -0.274. The van der Waals surface area contributed by atoms with Gasteiger partial charge in [-0.05, 0) is 37.1 Å². The SMILES string of the molecule is CC(=O)NS(=O)(=O)c1ccc(NC(=O)C2CCCN(c3cc(-c4ccccc4)ncn3)C2)cc1. The average molecular weight is 480 g/mol. The number of nitrogens with one attached hydrogen (secondary N) is 2. The van der Waals surface area contributed by atoms with Crippen LogP contribution < -0.4 is 14.9 Å². The minimum atomic E-state index is -3.92. The normalized spacial score (nSPS) is 16.0. The van der Waals surface area contributed by atoms with Gasteiger partial charge in [0.05, 0.1) is 16.5 Å². The van der Waals surface area contributed by atoms with E-state index in [1.807, 2.05) is 41.1 Å². The van der Waals surface area contributed by atoms with Gasteiger partial charge in [0, 0.05) is 37.3 Å². The molecule has 1 aliphatic rings. The number of aromatic nitrogens is 2. The van der Waals surface area contributed by atoms with Gasteiger partial charge in [-0.2, -0.15) is 0 Å². The molecule has 34 heavy (non-hydrogen) atoms. The number of carbonyl (C=O) groups is 2. The molecular formula is C24H25N5O4S. The molecule has 4 rings (SSSR count). The molecule has 0 radical (unpaired) electrons. The van der Waals surface area contributed by atoms with Crippen LogP contribution in [0.2, 0.25) is 0 Å². The zero-order chi connectivity index (χ0) is 24.1. The number of nitrogens with zero attached hydrogens (tertiary/aromatic N) is 3. The fourth-order valence-electron chi connectivity index (χ4n) is 3.90. The summed E-state index contributed by atoms with van der Waals surface area (Å²) in [6.07, 6.45) is 3.13. The van der Waals surface area contributed by atoms with Crippen molar-refractivity contribution in [2.75, 3.05) is 23.3 Å².